The largest absolute Gasteiger partial charge is 0.390 e. The van der Waals surface area contributed by atoms with E-state index in [-0.39, 0.29) is 12.4 Å². The van der Waals surface area contributed by atoms with E-state index in [0.29, 0.717) is 5.69 Å². The lowest BCUT2D eigenvalue weighted by atomic mass is 10.3. The minimum absolute atomic E-state index is 0.0925. The van der Waals surface area contributed by atoms with Crippen molar-refractivity contribution >= 4 is 22.6 Å². The fraction of sp³-hybridized carbons (Fsp3) is 0.100. The molecule has 0 atom stereocenters. The lowest BCUT2D eigenvalue weighted by Crippen LogP contribution is -1.99. The van der Waals surface area contributed by atoms with Crippen molar-refractivity contribution in [3.05, 3.63) is 45.5 Å². The molecule has 0 spiro atoms. The van der Waals surface area contributed by atoms with Gasteiger partial charge < -0.3 is 5.11 Å². The smallest absolute Gasteiger partial charge is 0.124 e. The number of nitrogens with zero attached hydrogens (tertiary/aromatic N) is 2. The van der Waals surface area contributed by atoms with E-state index in [2.05, 4.69) is 5.10 Å². The van der Waals surface area contributed by atoms with Crippen LogP contribution in [0.25, 0.3) is 5.69 Å². The van der Waals surface area contributed by atoms with Gasteiger partial charge in [-0.15, -0.1) is 0 Å². The van der Waals surface area contributed by atoms with E-state index in [0.717, 1.165) is 9.26 Å². The first-order valence-corrected chi connectivity index (χ1v) is 5.39. The van der Waals surface area contributed by atoms with Crippen LogP contribution in [0, 0.1) is 9.39 Å². The predicted molar refractivity (Wildman–Crippen MR) is 62.2 cm³/mol. The van der Waals surface area contributed by atoms with E-state index in [9.17, 15) is 4.39 Å². The van der Waals surface area contributed by atoms with Crippen LogP contribution in [0.5, 0.6) is 0 Å². The summed E-state index contributed by atoms with van der Waals surface area (Å²) in [6, 6.07) is 6.21. The number of rotatable bonds is 2. The zero-order chi connectivity index (χ0) is 10.8. The highest BCUT2D eigenvalue weighted by molar-refractivity contribution is 14.1. The van der Waals surface area contributed by atoms with Crippen LogP contribution in [0.1, 0.15) is 5.69 Å². The number of halogens is 2. The van der Waals surface area contributed by atoms with Crippen LogP contribution in [0.2, 0.25) is 0 Å². The van der Waals surface area contributed by atoms with Crippen LogP contribution < -0.4 is 0 Å². The van der Waals surface area contributed by atoms with Crippen LogP contribution in [-0.4, -0.2) is 14.9 Å². The molecule has 15 heavy (non-hydrogen) atoms. The van der Waals surface area contributed by atoms with Gasteiger partial charge in [-0.2, -0.15) is 5.10 Å². The highest BCUT2D eigenvalue weighted by atomic mass is 127. The monoisotopic (exact) mass is 318 g/mol. The van der Waals surface area contributed by atoms with E-state index >= 15 is 0 Å². The molecule has 0 aliphatic rings. The summed E-state index contributed by atoms with van der Waals surface area (Å²) in [5.74, 6) is -0.266. The van der Waals surface area contributed by atoms with Crippen LogP contribution >= 0.6 is 22.6 Å². The van der Waals surface area contributed by atoms with Gasteiger partial charge in [0.1, 0.15) is 5.82 Å². The molecule has 1 N–H and O–H groups in total. The fourth-order valence-corrected chi connectivity index (χ4v) is 1.97. The Kier molecular flexibility index (Phi) is 3.01. The summed E-state index contributed by atoms with van der Waals surface area (Å²) in [7, 11) is 0. The van der Waals surface area contributed by atoms with Gasteiger partial charge in [-0.25, -0.2) is 9.07 Å². The number of hydrogen-bond acceptors (Lipinski definition) is 2. The van der Waals surface area contributed by atoms with Crippen molar-refractivity contribution in [1.82, 2.24) is 9.78 Å². The summed E-state index contributed by atoms with van der Waals surface area (Å²) in [4.78, 5) is 0. The summed E-state index contributed by atoms with van der Waals surface area (Å²) in [6.45, 7) is -0.0925. The molecule has 5 heteroatoms. The van der Waals surface area contributed by atoms with Crippen LogP contribution in [0.15, 0.2) is 30.5 Å². The van der Waals surface area contributed by atoms with Crippen LogP contribution in [-0.2, 0) is 6.61 Å². The third-order valence-electron chi connectivity index (χ3n) is 1.96. The standard InChI is InChI=1S/C10H8FIN2O/c11-7-1-2-10(9(12)5-7)14-4-3-8(6-15)13-14/h1-5,15H,6H2. The van der Waals surface area contributed by atoms with Crippen molar-refractivity contribution in [3.8, 4) is 5.69 Å². The normalized spacial score (nSPS) is 10.6. The molecule has 0 radical (unpaired) electrons. The Labute approximate surface area is 99.7 Å². The molecule has 0 saturated heterocycles. The minimum Gasteiger partial charge on any atom is -0.390 e. The summed E-state index contributed by atoms with van der Waals surface area (Å²) in [6.07, 6.45) is 1.74. The van der Waals surface area contributed by atoms with E-state index < -0.39 is 0 Å². The first kappa shape index (κ1) is 10.6. The summed E-state index contributed by atoms with van der Waals surface area (Å²) >= 11 is 2.05. The second-order valence-electron chi connectivity index (χ2n) is 3.01. The topological polar surface area (TPSA) is 38.0 Å². The van der Waals surface area contributed by atoms with Gasteiger partial charge in [-0.05, 0) is 46.9 Å². The van der Waals surface area contributed by atoms with E-state index in [1.54, 1.807) is 23.0 Å². The van der Waals surface area contributed by atoms with Gasteiger partial charge in [0.05, 0.1) is 18.0 Å². The molecule has 1 aromatic heterocycles. The highest BCUT2D eigenvalue weighted by Crippen LogP contribution is 2.17. The molecular formula is C10H8FIN2O. The first-order valence-electron chi connectivity index (χ1n) is 4.31. The maximum atomic E-state index is 12.9. The maximum absolute atomic E-state index is 12.9. The number of aliphatic hydroxyl groups excluding tert-OH is 1. The lowest BCUT2D eigenvalue weighted by Gasteiger charge is -2.03. The maximum Gasteiger partial charge on any atom is 0.124 e. The Balaban J connectivity index is 2.44. The second-order valence-corrected chi connectivity index (χ2v) is 4.17. The van der Waals surface area contributed by atoms with Gasteiger partial charge in [-0.3, -0.25) is 0 Å². The number of aliphatic hydroxyl groups is 1. The van der Waals surface area contributed by atoms with E-state index in [1.165, 1.54) is 12.1 Å². The molecule has 0 aliphatic heterocycles. The third-order valence-corrected chi connectivity index (χ3v) is 2.83. The zero-order valence-corrected chi connectivity index (χ0v) is 9.85. The first-order chi connectivity index (χ1) is 7.20. The van der Waals surface area contributed by atoms with Crippen LogP contribution in [0.3, 0.4) is 0 Å². The van der Waals surface area contributed by atoms with Crippen molar-refractivity contribution in [3.63, 3.8) is 0 Å². The average molecular weight is 318 g/mol. The van der Waals surface area contributed by atoms with Gasteiger partial charge in [0.2, 0.25) is 0 Å². The molecule has 0 saturated carbocycles. The van der Waals surface area contributed by atoms with Crippen molar-refractivity contribution < 1.29 is 9.50 Å². The summed E-state index contributed by atoms with van der Waals surface area (Å²) in [5, 5.41) is 13.0. The Morgan fingerprint density at radius 2 is 2.20 bits per heavy atom. The SMILES string of the molecule is OCc1ccn(-c2ccc(F)cc2I)n1. The minimum atomic E-state index is -0.266. The number of aromatic nitrogens is 2. The second kappa shape index (κ2) is 4.28. The predicted octanol–water partition coefficient (Wildman–Crippen LogP) is 2.11. The van der Waals surface area contributed by atoms with Gasteiger partial charge in [-0.1, -0.05) is 0 Å². The molecule has 1 heterocycles. The molecule has 1 aromatic carbocycles. The molecule has 3 nitrogen and oxygen atoms in total. The number of hydrogen-bond donors (Lipinski definition) is 1. The quantitative estimate of drug-likeness (QED) is 0.861. The van der Waals surface area contributed by atoms with Crippen molar-refractivity contribution in [1.29, 1.82) is 0 Å². The zero-order valence-electron chi connectivity index (χ0n) is 7.69. The number of benzene rings is 1. The molecule has 0 unspecified atom stereocenters. The Bertz CT molecular complexity index is 484. The van der Waals surface area contributed by atoms with Crippen LogP contribution in [0.4, 0.5) is 4.39 Å². The molecule has 0 fully saturated rings. The Hall–Kier alpha value is -0.950. The Morgan fingerprint density at radius 3 is 2.80 bits per heavy atom. The highest BCUT2D eigenvalue weighted by Gasteiger charge is 2.05. The molecule has 0 bridgehead atoms. The van der Waals surface area contributed by atoms with Crippen molar-refractivity contribution in [2.45, 2.75) is 6.61 Å². The van der Waals surface area contributed by atoms with Gasteiger partial charge in [0, 0.05) is 9.77 Å². The molecule has 78 valence electrons. The van der Waals surface area contributed by atoms with E-state index in [4.69, 9.17) is 5.11 Å². The van der Waals surface area contributed by atoms with Crippen molar-refractivity contribution in [2.24, 2.45) is 0 Å². The third kappa shape index (κ3) is 2.18. The van der Waals surface area contributed by atoms with Crippen molar-refractivity contribution in [2.75, 3.05) is 0 Å². The van der Waals surface area contributed by atoms with Gasteiger partial charge in [0.15, 0.2) is 0 Å². The Morgan fingerprint density at radius 1 is 1.40 bits per heavy atom. The molecular weight excluding hydrogens is 310 g/mol. The molecule has 0 amide bonds. The van der Waals surface area contributed by atoms with Gasteiger partial charge >= 0.3 is 0 Å². The fourth-order valence-electron chi connectivity index (χ4n) is 1.25. The summed E-state index contributed by atoms with van der Waals surface area (Å²) < 4.78 is 15.3. The molecule has 2 aromatic rings. The van der Waals surface area contributed by atoms with Gasteiger partial charge in [0.25, 0.3) is 0 Å². The summed E-state index contributed by atoms with van der Waals surface area (Å²) in [5.41, 5.74) is 1.40. The lowest BCUT2D eigenvalue weighted by molar-refractivity contribution is 0.276. The van der Waals surface area contributed by atoms with E-state index in [1.807, 2.05) is 22.6 Å². The molecule has 2 rings (SSSR count). The average Bonchev–Trinajstić information content (AvgIpc) is 2.66. The molecule has 0 aliphatic carbocycles.